The molecule has 1 saturated heterocycles. The summed E-state index contributed by atoms with van der Waals surface area (Å²) in [5.74, 6) is 2.31. The maximum absolute atomic E-state index is 6.20. The molecule has 0 spiro atoms. The molecule has 118 valence electrons. The smallest absolute Gasteiger partial charge is 0.222 e. The molecule has 0 saturated carbocycles. The number of nitrogens with two attached hydrogens (primary N) is 1. The van der Waals surface area contributed by atoms with Crippen LogP contribution in [0.25, 0.3) is 11.1 Å². The molecule has 2 aliphatic rings. The number of aromatic nitrogens is 2. The van der Waals surface area contributed by atoms with Crippen molar-refractivity contribution in [3.63, 3.8) is 0 Å². The van der Waals surface area contributed by atoms with Gasteiger partial charge in [0.1, 0.15) is 11.3 Å². The molecule has 0 unspecified atom stereocenters. The molecule has 0 bridgehead atoms. The van der Waals surface area contributed by atoms with Crippen LogP contribution in [-0.2, 0) is 12.8 Å². The highest BCUT2D eigenvalue weighted by Crippen LogP contribution is 2.35. The topological polar surface area (TPSA) is 80.2 Å². The Hall–Kier alpha value is -1.82. The molecule has 2 aromatic rings. The SMILES string of the molecule is CN[C@@H]1CCN(c2nc(N)nc3c4c(oc23)CCCCC4)C1. The average molecular weight is 301 g/mol. The number of aryl methyl sites for hydroxylation is 2. The minimum atomic E-state index is 0.350. The van der Waals surface area contributed by atoms with E-state index in [-0.39, 0.29) is 0 Å². The molecule has 0 aromatic carbocycles. The van der Waals surface area contributed by atoms with Crippen molar-refractivity contribution in [3.8, 4) is 0 Å². The summed E-state index contributed by atoms with van der Waals surface area (Å²) in [4.78, 5) is 11.3. The average Bonchev–Trinajstić information content (AvgIpc) is 3.05. The van der Waals surface area contributed by atoms with Crippen LogP contribution in [0.15, 0.2) is 4.42 Å². The van der Waals surface area contributed by atoms with Crippen LogP contribution in [0.4, 0.5) is 11.8 Å². The lowest BCUT2D eigenvalue weighted by Crippen LogP contribution is -2.30. The second kappa shape index (κ2) is 5.43. The maximum Gasteiger partial charge on any atom is 0.222 e. The van der Waals surface area contributed by atoms with Gasteiger partial charge in [0.2, 0.25) is 5.95 Å². The first-order chi connectivity index (χ1) is 10.8. The van der Waals surface area contributed by atoms with Crippen molar-refractivity contribution < 1.29 is 4.42 Å². The van der Waals surface area contributed by atoms with Gasteiger partial charge in [0.25, 0.3) is 0 Å². The number of rotatable bonds is 2. The Morgan fingerprint density at radius 1 is 1.23 bits per heavy atom. The summed E-state index contributed by atoms with van der Waals surface area (Å²) in [6.45, 7) is 1.91. The van der Waals surface area contributed by atoms with Crippen molar-refractivity contribution >= 4 is 22.9 Å². The van der Waals surface area contributed by atoms with Gasteiger partial charge < -0.3 is 20.4 Å². The molecule has 4 rings (SSSR count). The molecule has 1 aliphatic heterocycles. The molecule has 6 nitrogen and oxygen atoms in total. The number of hydrogen-bond acceptors (Lipinski definition) is 6. The van der Waals surface area contributed by atoms with E-state index in [2.05, 4.69) is 20.2 Å². The van der Waals surface area contributed by atoms with Crippen molar-refractivity contribution in [2.75, 3.05) is 30.8 Å². The first-order valence-corrected chi connectivity index (χ1v) is 8.26. The van der Waals surface area contributed by atoms with Gasteiger partial charge >= 0.3 is 0 Å². The number of fused-ring (bicyclic) bond motifs is 3. The second-order valence-electron chi connectivity index (χ2n) is 6.37. The number of nitrogen functional groups attached to an aromatic ring is 1. The molecule has 3 N–H and O–H groups in total. The zero-order valence-electron chi connectivity index (χ0n) is 13.1. The molecule has 1 aliphatic carbocycles. The number of furan rings is 1. The van der Waals surface area contributed by atoms with Crippen LogP contribution in [0.5, 0.6) is 0 Å². The van der Waals surface area contributed by atoms with Crippen molar-refractivity contribution in [2.45, 2.75) is 44.6 Å². The molecule has 2 aromatic heterocycles. The Labute approximate surface area is 130 Å². The fourth-order valence-electron chi connectivity index (χ4n) is 3.70. The number of nitrogens with zero attached hydrogens (tertiary/aromatic N) is 3. The van der Waals surface area contributed by atoms with Gasteiger partial charge in [-0.3, -0.25) is 0 Å². The van der Waals surface area contributed by atoms with Gasteiger partial charge in [0.05, 0.1) is 0 Å². The maximum atomic E-state index is 6.20. The van der Waals surface area contributed by atoms with Crippen LogP contribution in [0.2, 0.25) is 0 Å². The monoisotopic (exact) mass is 301 g/mol. The summed E-state index contributed by atoms with van der Waals surface area (Å²) < 4.78 is 6.20. The van der Waals surface area contributed by atoms with E-state index < -0.39 is 0 Å². The molecular weight excluding hydrogens is 278 g/mol. The van der Waals surface area contributed by atoms with Gasteiger partial charge in [-0.15, -0.1) is 0 Å². The highest BCUT2D eigenvalue weighted by atomic mass is 16.3. The third-order valence-corrected chi connectivity index (χ3v) is 4.94. The lowest BCUT2D eigenvalue weighted by Gasteiger charge is -2.17. The summed E-state index contributed by atoms with van der Waals surface area (Å²) >= 11 is 0. The zero-order chi connectivity index (χ0) is 15.1. The number of nitrogens with one attached hydrogen (secondary N) is 1. The van der Waals surface area contributed by atoms with Crippen molar-refractivity contribution in [2.24, 2.45) is 0 Å². The third-order valence-electron chi connectivity index (χ3n) is 4.94. The molecule has 1 atom stereocenters. The number of anilines is 2. The number of hydrogen-bond donors (Lipinski definition) is 2. The van der Waals surface area contributed by atoms with Crippen LogP contribution in [0.1, 0.15) is 37.0 Å². The number of likely N-dealkylation sites (N-methyl/N-ethyl adjacent to an activating group) is 1. The van der Waals surface area contributed by atoms with Gasteiger partial charge in [0, 0.05) is 31.1 Å². The van der Waals surface area contributed by atoms with Gasteiger partial charge in [0.15, 0.2) is 11.4 Å². The summed E-state index contributed by atoms with van der Waals surface area (Å²) in [6.07, 6.45) is 6.81. The van der Waals surface area contributed by atoms with Gasteiger partial charge in [-0.25, -0.2) is 4.98 Å². The fraction of sp³-hybridized carbons (Fsp3) is 0.625. The van der Waals surface area contributed by atoms with E-state index in [1.165, 1.54) is 24.8 Å². The molecule has 1 fully saturated rings. The lowest BCUT2D eigenvalue weighted by molar-refractivity contribution is 0.536. The predicted octanol–water partition coefficient (Wildman–Crippen LogP) is 1.87. The van der Waals surface area contributed by atoms with E-state index in [9.17, 15) is 0 Å². The molecular formula is C16H23N5O. The summed E-state index contributed by atoms with van der Waals surface area (Å²) in [7, 11) is 2.01. The van der Waals surface area contributed by atoms with Crippen LogP contribution >= 0.6 is 0 Å². The predicted molar refractivity (Wildman–Crippen MR) is 87.2 cm³/mol. The fourth-order valence-corrected chi connectivity index (χ4v) is 3.70. The van der Waals surface area contributed by atoms with Gasteiger partial charge in [-0.05, 0) is 32.7 Å². The molecule has 6 heteroatoms. The van der Waals surface area contributed by atoms with Gasteiger partial charge in [-0.1, -0.05) is 6.42 Å². The van der Waals surface area contributed by atoms with E-state index in [0.29, 0.717) is 12.0 Å². The minimum Gasteiger partial charge on any atom is -0.455 e. The molecule has 3 heterocycles. The van der Waals surface area contributed by atoms with Crippen LogP contribution < -0.4 is 16.0 Å². The summed E-state index contributed by atoms with van der Waals surface area (Å²) in [6, 6.07) is 0.499. The first-order valence-electron chi connectivity index (χ1n) is 8.26. The van der Waals surface area contributed by atoms with E-state index in [1.807, 2.05) is 7.05 Å². The molecule has 0 amide bonds. The highest BCUT2D eigenvalue weighted by Gasteiger charge is 2.28. The zero-order valence-corrected chi connectivity index (χ0v) is 13.1. The second-order valence-corrected chi connectivity index (χ2v) is 6.37. The third kappa shape index (κ3) is 2.22. The Balaban J connectivity index is 1.81. The normalized spacial score (nSPS) is 22.0. The minimum absolute atomic E-state index is 0.350. The van der Waals surface area contributed by atoms with Gasteiger partial charge in [-0.2, -0.15) is 4.98 Å². The van der Waals surface area contributed by atoms with Crippen LogP contribution in [0, 0.1) is 0 Å². The lowest BCUT2D eigenvalue weighted by atomic mass is 10.1. The van der Waals surface area contributed by atoms with E-state index in [1.54, 1.807) is 0 Å². The Morgan fingerprint density at radius 2 is 2.09 bits per heavy atom. The Kier molecular flexibility index (Phi) is 3.41. The van der Waals surface area contributed by atoms with E-state index in [4.69, 9.17) is 10.2 Å². The largest absolute Gasteiger partial charge is 0.455 e. The summed E-state index contributed by atoms with van der Waals surface area (Å²) in [5, 5.41) is 3.34. The van der Waals surface area contributed by atoms with Crippen LogP contribution in [-0.4, -0.2) is 36.1 Å². The van der Waals surface area contributed by atoms with E-state index >= 15 is 0 Å². The van der Waals surface area contributed by atoms with Crippen LogP contribution in [0.3, 0.4) is 0 Å². The Bertz CT molecular complexity index is 695. The molecule has 22 heavy (non-hydrogen) atoms. The summed E-state index contributed by atoms with van der Waals surface area (Å²) in [5.41, 5.74) is 9.01. The Morgan fingerprint density at radius 3 is 2.91 bits per heavy atom. The van der Waals surface area contributed by atoms with Crippen molar-refractivity contribution in [3.05, 3.63) is 11.3 Å². The van der Waals surface area contributed by atoms with E-state index in [0.717, 1.165) is 55.0 Å². The van der Waals surface area contributed by atoms with Crippen molar-refractivity contribution in [1.82, 2.24) is 15.3 Å². The standard InChI is InChI=1S/C16H23N5O/c1-18-10-7-8-21(9-10)15-14-13(19-16(17)20-15)11-5-3-2-4-6-12(11)22-14/h10,18H,2-9H2,1H3,(H2,17,19,20)/t10-/m1/s1. The highest BCUT2D eigenvalue weighted by molar-refractivity contribution is 5.88. The first kappa shape index (κ1) is 13.8. The quantitative estimate of drug-likeness (QED) is 0.824. The molecule has 0 radical (unpaired) electrons. The van der Waals surface area contributed by atoms with Crippen molar-refractivity contribution in [1.29, 1.82) is 0 Å².